The van der Waals surface area contributed by atoms with Crippen LogP contribution >= 0.6 is 11.6 Å². The van der Waals surface area contributed by atoms with E-state index in [0.717, 1.165) is 12.0 Å². The van der Waals surface area contributed by atoms with Gasteiger partial charge in [0, 0.05) is 17.1 Å². The molecule has 0 spiro atoms. The van der Waals surface area contributed by atoms with E-state index in [4.69, 9.17) is 17.3 Å². The summed E-state index contributed by atoms with van der Waals surface area (Å²) in [7, 11) is 0. The molecular weight excluding hydrogens is 398 g/mol. The Morgan fingerprint density at radius 1 is 1.17 bits per heavy atom. The maximum absolute atomic E-state index is 13.0. The zero-order valence-electron chi connectivity index (χ0n) is 17.4. The third kappa shape index (κ3) is 5.26. The van der Waals surface area contributed by atoms with E-state index in [1.807, 2.05) is 32.9 Å². The molecule has 0 atom stereocenters. The zero-order chi connectivity index (χ0) is 22.1. The largest absolute Gasteiger partial charge is 0.369 e. The van der Waals surface area contributed by atoms with Gasteiger partial charge >= 0.3 is 0 Å². The number of ketones is 1. The van der Waals surface area contributed by atoms with Crippen LogP contribution in [0.5, 0.6) is 0 Å². The quantitative estimate of drug-likeness (QED) is 0.423. The van der Waals surface area contributed by atoms with Gasteiger partial charge in [-0.1, -0.05) is 55.3 Å². The summed E-state index contributed by atoms with van der Waals surface area (Å²) in [5, 5.41) is 18.0. The summed E-state index contributed by atoms with van der Waals surface area (Å²) in [6.07, 6.45) is 0.720. The van der Waals surface area contributed by atoms with Gasteiger partial charge in [0.25, 0.3) is 0 Å². The first kappa shape index (κ1) is 23.1. The molecule has 0 bridgehead atoms. The molecule has 3 N–H and O–H groups in total. The van der Waals surface area contributed by atoms with E-state index in [-0.39, 0.29) is 17.0 Å². The molecule has 0 aliphatic heterocycles. The van der Waals surface area contributed by atoms with Gasteiger partial charge in [-0.25, -0.2) is 4.68 Å². The van der Waals surface area contributed by atoms with E-state index in [1.54, 1.807) is 41.1 Å². The van der Waals surface area contributed by atoms with Gasteiger partial charge in [0.2, 0.25) is 5.78 Å². The van der Waals surface area contributed by atoms with Gasteiger partial charge in [-0.2, -0.15) is 10.4 Å². The number of nitriles is 1. The standard InChI is InChI=1S/C21H20ClN5O.C2H6/c1-14-3-5-15(6-4-14)20(28)19-18(13-24)21(25-12-2-11-23)27(26-19)17-9-7-16(22)8-10-17;1-2/h3-10,25H,2,11-12,23H2,1H3;1-2H3. The second kappa shape index (κ2) is 11.1. The maximum atomic E-state index is 13.0. The average Bonchev–Trinajstić information content (AvgIpc) is 3.14. The molecule has 0 aliphatic rings. The number of carbonyl (C=O) groups excluding carboxylic acids is 1. The molecule has 30 heavy (non-hydrogen) atoms. The SMILES string of the molecule is CC.Cc1ccc(C(=O)c2nn(-c3ccc(Cl)cc3)c(NCCCN)c2C#N)cc1. The van der Waals surface area contributed by atoms with Crippen molar-refractivity contribution in [3.8, 4) is 11.8 Å². The summed E-state index contributed by atoms with van der Waals surface area (Å²) in [5.41, 5.74) is 8.11. The van der Waals surface area contributed by atoms with Crippen LogP contribution in [-0.4, -0.2) is 28.7 Å². The van der Waals surface area contributed by atoms with Crippen LogP contribution < -0.4 is 11.1 Å². The summed E-state index contributed by atoms with van der Waals surface area (Å²) in [4.78, 5) is 13.0. The normalized spacial score (nSPS) is 10.0. The summed E-state index contributed by atoms with van der Waals surface area (Å²) in [6, 6.07) is 16.3. The number of anilines is 1. The number of nitrogens with two attached hydrogens (primary N) is 1. The molecule has 7 heteroatoms. The number of nitrogens with one attached hydrogen (secondary N) is 1. The molecule has 1 heterocycles. The number of hydrogen-bond acceptors (Lipinski definition) is 5. The molecular formula is C23H26ClN5O. The number of benzene rings is 2. The van der Waals surface area contributed by atoms with Crippen molar-refractivity contribution in [3.05, 3.63) is 75.9 Å². The molecule has 6 nitrogen and oxygen atoms in total. The lowest BCUT2D eigenvalue weighted by Gasteiger charge is -2.10. The molecule has 156 valence electrons. The van der Waals surface area contributed by atoms with Gasteiger partial charge in [0.05, 0.1) is 5.69 Å². The Labute approximate surface area is 182 Å². The minimum Gasteiger partial charge on any atom is -0.369 e. The summed E-state index contributed by atoms with van der Waals surface area (Å²) >= 11 is 5.98. The second-order valence-electron chi connectivity index (χ2n) is 6.34. The van der Waals surface area contributed by atoms with Crippen molar-refractivity contribution in [2.75, 3.05) is 18.4 Å². The predicted octanol–water partition coefficient (Wildman–Crippen LogP) is 4.72. The number of aryl methyl sites for hydroxylation is 1. The Bertz CT molecular complexity index is 1020. The Morgan fingerprint density at radius 3 is 2.37 bits per heavy atom. The molecule has 0 saturated heterocycles. The third-order valence-corrected chi connectivity index (χ3v) is 4.52. The van der Waals surface area contributed by atoms with Crippen molar-refractivity contribution in [1.29, 1.82) is 5.26 Å². The average molecular weight is 424 g/mol. The Balaban J connectivity index is 0.00000155. The van der Waals surface area contributed by atoms with Crippen molar-refractivity contribution in [1.82, 2.24) is 9.78 Å². The molecule has 2 aromatic carbocycles. The lowest BCUT2D eigenvalue weighted by Crippen LogP contribution is -2.12. The fourth-order valence-corrected chi connectivity index (χ4v) is 2.89. The number of carbonyl (C=O) groups is 1. The highest BCUT2D eigenvalue weighted by molar-refractivity contribution is 6.30. The Morgan fingerprint density at radius 2 is 1.80 bits per heavy atom. The van der Waals surface area contributed by atoms with Crippen LogP contribution in [0.3, 0.4) is 0 Å². The summed E-state index contributed by atoms with van der Waals surface area (Å²) in [6.45, 7) is 7.02. The molecule has 0 radical (unpaired) electrons. The molecule has 0 fully saturated rings. The zero-order valence-corrected chi connectivity index (χ0v) is 18.2. The fourth-order valence-electron chi connectivity index (χ4n) is 2.77. The van der Waals surface area contributed by atoms with Gasteiger partial charge in [-0.3, -0.25) is 4.79 Å². The Hall–Kier alpha value is -3.14. The first-order valence-corrected chi connectivity index (χ1v) is 10.3. The lowest BCUT2D eigenvalue weighted by molar-refractivity contribution is 0.103. The topological polar surface area (TPSA) is 96.7 Å². The first-order valence-electron chi connectivity index (χ1n) is 9.89. The van der Waals surface area contributed by atoms with Gasteiger partial charge in [0.1, 0.15) is 17.5 Å². The fraction of sp³-hybridized carbons (Fsp3) is 0.261. The van der Waals surface area contributed by atoms with Gasteiger partial charge in [-0.15, -0.1) is 0 Å². The highest BCUT2D eigenvalue weighted by Gasteiger charge is 2.24. The molecule has 0 saturated carbocycles. The predicted molar refractivity (Wildman–Crippen MR) is 121 cm³/mol. The summed E-state index contributed by atoms with van der Waals surface area (Å²) < 4.78 is 1.56. The number of rotatable bonds is 7. The molecule has 3 aromatic rings. The second-order valence-corrected chi connectivity index (χ2v) is 6.77. The highest BCUT2D eigenvalue weighted by atomic mass is 35.5. The smallest absolute Gasteiger partial charge is 0.214 e. The maximum Gasteiger partial charge on any atom is 0.214 e. The minimum absolute atomic E-state index is 0.108. The lowest BCUT2D eigenvalue weighted by atomic mass is 10.0. The van der Waals surface area contributed by atoms with Crippen molar-refractivity contribution < 1.29 is 4.79 Å². The third-order valence-electron chi connectivity index (χ3n) is 4.27. The molecule has 0 aliphatic carbocycles. The van der Waals surface area contributed by atoms with Crippen LogP contribution in [0.15, 0.2) is 48.5 Å². The van der Waals surface area contributed by atoms with Crippen LogP contribution in [0.2, 0.25) is 5.02 Å². The van der Waals surface area contributed by atoms with Crippen LogP contribution in [0, 0.1) is 18.3 Å². The number of nitrogens with zero attached hydrogens (tertiary/aromatic N) is 3. The highest BCUT2D eigenvalue weighted by Crippen LogP contribution is 2.26. The van der Waals surface area contributed by atoms with Gasteiger partial charge in [0.15, 0.2) is 5.69 Å². The van der Waals surface area contributed by atoms with Crippen LogP contribution in [0.4, 0.5) is 5.82 Å². The molecule has 0 amide bonds. The van der Waals surface area contributed by atoms with E-state index in [1.165, 1.54) is 0 Å². The van der Waals surface area contributed by atoms with E-state index in [9.17, 15) is 10.1 Å². The van der Waals surface area contributed by atoms with E-state index in [0.29, 0.717) is 35.2 Å². The number of halogens is 1. The van der Waals surface area contributed by atoms with Crippen molar-refractivity contribution >= 4 is 23.2 Å². The Kier molecular flexibility index (Phi) is 8.60. The monoisotopic (exact) mass is 423 g/mol. The van der Waals surface area contributed by atoms with E-state index in [2.05, 4.69) is 16.5 Å². The van der Waals surface area contributed by atoms with Crippen molar-refractivity contribution in [2.45, 2.75) is 27.2 Å². The number of aromatic nitrogens is 2. The van der Waals surface area contributed by atoms with Crippen LogP contribution in [0.25, 0.3) is 5.69 Å². The van der Waals surface area contributed by atoms with Crippen molar-refractivity contribution in [2.24, 2.45) is 5.73 Å². The molecule has 0 unspecified atom stereocenters. The minimum atomic E-state index is -0.300. The number of hydrogen-bond donors (Lipinski definition) is 2. The first-order chi connectivity index (χ1) is 14.5. The van der Waals surface area contributed by atoms with Crippen LogP contribution in [-0.2, 0) is 0 Å². The van der Waals surface area contributed by atoms with Gasteiger partial charge < -0.3 is 11.1 Å². The van der Waals surface area contributed by atoms with Gasteiger partial charge in [-0.05, 0) is 44.2 Å². The molecule has 1 aromatic heterocycles. The summed E-state index contributed by atoms with van der Waals surface area (Å²) in [5.74, 6) is 0.167. The van der Waals surface area contributed by atoms with Crippen LogP contribution in [0.1, 0.15) is 47.4 Å². The van der Waals surface area contributed by atoms with Crippen molar-refractivity contribution in [3.63, 3.8) is 0 Å². The van der Waals surface area contributed by atoms with E-state index < -0.39 is 0 Å². The van der Waals surface area contributed by atoms with E-state index >= 15 is 0 Å². The molecule has 3 rings (SSSR count).